The Bertz CT molecular complexity index is 1020. The Morgan fingerprint density at radius 1 is 1.03 bits per heavy atom. The predicted octanol–water partition coefficient (Wildman–Crippen LogP) is 2.03. The molecule has 1 N–H and O–H groups in total. The van der Waals surface area contributed by atoms with Crippen molar-refractivity contribution in [3.8, 4) is 5.75 Å². The van der Waals surface area contributed by atoms with E-state index in [1.807, 2.05) is 24.3 Å². The number of nitrogens with zero attached hydrogens (tertiary/aromatic N) is 3. The van der Waals surface area contributed by atoms with Crippen LogP contribution in [-0.2, 0) is 9.59 Å². The largest absolute Gasteiger partial charge is 0.497 e. The van der Waals surface area contributed by atoms with E-state index in [-0.39, 0.29) is 24.1 Å². The minimum absolute atomic E-state index is 0.0510. The van der Waals surface area contributed by atoms with Crippen LogP contribution in [-0.4, -0.2) is 79.9 Å². The van der Waals surface area contributed by atoms with E-state index in [2.05, 4.69) is 10.2 Å². The van der Waals surface area contributed by atoms with Gasteiger partial charge in [0.2, 0.25) is 11.8 Å². The molecule has 2 aliphatic rings. The average molecular weight is 471 g/mol. The van der Waals surface area contributed by atoms with Gasteiger partial charge >= 0.3 is 0 Å². The lowest BCUT2D eigenvalue weighted by atomic mass is 10.0. The second kappa shape index (κ2) is 10.1. The number of hydrogen-bond acceptors (Lipinski definition) is 5. The number of benzene rings is 2. The van der Waals surface area contributed by atoms with Gasteiger partial charge in [0.05, 0.1) is 24.1 Å². The lowest BCUT2D eigenvalue weighted by molar-refractivity contribution is -0.138. The van der Waals surface area contributed by atoms with Crippen molar-refractivity contribution >= 4 is 35.0 Å². The molecule has 0 bridgehead atoms. The van der Waals surface area contributed by atoms with Crippen LogP contribution in [0.3, 0.4) is 0 Å². The van der Waals surface area contributed by atoms with Crippen molar-refractivity contribution in [2.24, 2.45) is 0 Å². The maximum absolute atomic E-state index is 13.1. The molecule has 2 aromatic rings. The number of carbonyl (C=O) groups excluding carboxylic acids is 3. The van der Waals surface area contributed by atoms with Crippen LogP contribution in [0.5, 0.6) is 5.75 Å². The molecule has 0 spiro atoms. The summed E-state index contributed by atoms with van der Waals surface area (Å²) in [5.74, 6) is 0.0158. The topological polar surface area (TPSA) is 82.2 Å². The van der Waals surface area contributed by atoms with Crippen LogP contribution in [0.4, 0.5) is 5.69 Å². The highest BCUT2D eigenvalue weighted by Gasteiger charge is 2.37. The molecule has 0 aliphatic carbocycles. The number of nitrogens with one attached hydrogen (secondary N) is 1. The van der Waals surface area contributed by atoms with Gasteiger partial charge in [-0.2, -0.15) is 0 Å². The molecule has 1 atom stereocenters. The van der Waals surface area contributed by atoms with Gasteiger partial charge in [0.1, 0.15) is 11.8 Å². The molecule has 0 saturated carbocycles. The van der Waals surface area contributed by atoms with Crippen LogP contribution in [0.15, 0.2) is 48.5 Å². The number of ether oxygens (including phenoxy) is 1. The molecular formula is C24H27ClN4O4. The summed E-state index contributed by atoms with van der Waals surface area (Å²) in [6, 6.07) is 13.7. The van der Waals surface area contributed by atoms with E-state index in [0.29, 0.717) is 49.9 Å². The molecular weight excluding hydrogens is 444 g/mol. The van der Waals surface area contributed by atoms with Crippen molar-refractivity contribution in [2.75, 3.05) is 51.3 Å². The summed E-state index contributed by atoms with van der Waals surface area (Å²) in [7, 11) is 1.63. The molecule has 174 valence electrons. The Balaban J connectivity index is 1.39. The van der Waals surface area contributed by atoms with E-state index in [1.165, 1.54) is 4.90 Å². The number of amides is 3. The molecule has 2 fully saturated rings. The molecule has 8 nitrogen and oxygen atoms in total. The first-order valence-corrected chi connectivity index (χ1v) is 11.4. The normalized spacial score (nSPS) is 18.7. The zero-order valence-electron chi connectivity index (χ0n) is 18.5. The van der Waals surface area contributed by atoms with E-state index in [9.17, 15) is 14.4 Å². The fourth-order valence-electron chi connectivity index (χ4n) is 4.25. The van der Waals surface area contributed by atoms with E-state index >= 15 is 0 Å². The average Bonchev–Trinajstić information content (AvgIpc) is 2.85. The Morgan fingerprint density at radius 3 is 2.39 bits per heavy atom. The van der Waals surface area contributed by atoms with Gasteiger partial charge in [0, 0.05) is 45.0 Å². The quantitative estimate of drug-likeness (QED) is 0.723. The molecule has 2 saturated heterocycles. The number of rotatable bonds is 5. The highest BCUT2D eigenvalue weighted by Crippen LogP contribution is 2.23. The highest BCUT2D eigenvalue weighted by atomic mass is 35.5. The third kappa shape index (κ3) is 5.06. The summed E-state index contributed by atoms with van der Waals surface area (Å²) in [5, 5.41) is 3.10. The predicted molar refractivity (Wildman–Crippen MR) is 126 cm³/mol. The summed E-state index contributed by atoms with van der Waals surface area (Å²) in [6.07, 6.45) is -0.0510. The minimum atomic E-state index is -0.852. The van der Waals surface area contributed by atoms with Crippen molar-refractivity contribution in [1.82, 2.24) is 15.1 Å². The van der Waals surface area contributed by atoms with Crippen molar-refractivity contribution in [2.45, 2.75) is 12.5 Å². The number of methoxy groups -OCH3 is 1. The van der Waals surface area contributed by atoms with Crippen molar-refractivity contribution in [3.05, 3.63) is 59.1 Å². The first kappa shape index (κ1) is 22.9. The van der Waals surface area contributed by atoms with Gasteiger partial charge in [-0.1, -0.05) is 23.7 Å². The minimum Gasteiger partial charge on any atom is -0.497 e. The van der Waals surface area contributed by atoms with Crippen LogP contribution in [0.1, 0.15) is 16.8 Å². The van der Waals surface area contributed by atoms with Crippen LogP contribution in [0, 0.1) is 0 Å². The standard InChI is InChI=1S/C24H27ClN4O4/c1-33-18-8-6-17(7-9-18)27-12-14-28(15-13-27)22(30)16-21-23(31)26-10-11-29(21)24(32)19-4-2-3-5-20(19)25/h2-9,21H,10-16H2,1H3,(H,26,31)/t21-/m0/s1. The molecule has 4 rings (SSSR count). The Hall–Kier alpha value is -3.26. The van der Waals surface area contributed by atoms with Gasteiger partial charge in [0.25, 0.3) is 5.91 Å². The number of hydrogen-bond donors (Lipinski definition) is 1. The third-order valence-electron chi connectivity index (χ3n) is 6.13. The molecule has 0 unspecified atom stereocenters. The fourth-order valence-corrected chi connectivity index (χ4v) is 4.47. The van der Waals surface area contributed by atoms with Gasteiger partial charge in [-0.15, -0.1) is 0 Å². The summed E-state index contributed by atoms with van der Waals surface area (Å²) in [4.78, 5) is 44.2. The molecule has 0 radical (unpaired) electrons. The van der Waals surface area contributed by atoms with Crippen LogP contribution < -0.4 is 15.0 Å². The second-order valence-electron chi connectivity index (χ2n) is 8.06. The number of anilines is 1. The van der Waals surface area contributed by atoms with Gasteiger partial charge < -0.3 is 24.8 Å². The highest BCUT2D eigenvalue weighted by molar-refractivity contribution is 6.33. The number of halogens is 1. The van der Waals surface area contributed by atoms with Crippen molar-refractivity contribution in [1.29, 1.82) is 0 Å². The molecule has 9 heteroatoms. The lowest BCUT2D eigenvalue weighted by Crippen LogP contribution is -2.59. The van der Waals surface area contributed by atoms with E-state index in [4.69, 9.17) is 16.3 Å². The molecule has 2 aromatic carbocycles. The lowest BCUT2D eigenvalue weighted by Gasteiger charge is -2.39. The maximum Gasteiger partial charge on any atom is 0.256 e. The molecule has 2 aliphatic heterocycles. The van der Waals surface area contributed by atoms with Gasteiger partial charge in [-0.3, -0.25) is 14.4 Å². The van der Waals surface area contributed by atoms with E-state index < -0.39 is 6.04 Å². The van der Waals surface area contributed by atoms with Crippen molar-refractivity contribution < 1.29 is 19.1 Å². The fraction of sp³-hybridized carbons (Fsp3) is 0.375. The Morgan fingerprint density at radius 2 is 1.73 bits per heavy atom. The Labute approximate surface area is 198 Å². The summed E-state index contributed by atoms with van der Waals surface area (Å²) >= 11 is 6.20. The monoisotopic (exact) mass is 470 g/mol. The summed E-state index contributed by atoms with van der Waals surface area (Å²) in [6.45, 7) is 3.17. The zero-order valence-corrected chi connectivity index (χ0v) is 19.3. The molecule has 0 aromatic heterocycles. The number of carbonyl (C=O) groups is 3. The SMILES string of the molecule is COc1ccc(N2CCN(C(=O)C[C@H]3C(=O)NCCN3C(=O)c3ccccc3Cl)CC2)cc1. The number of piperazine rings is 2. The van der Waals surface area contributed by atoms with Crippen molar-refractivity contribution in [3.63, 3.8) is 0 Å². The Kier molecular flexibility index (Phi) is 7.03. The van der Waals surface area contributed by atoms with E-state index in [1.54, 1.807) is 36.3 Å². The van der Waals surface area contributed by atoms with Gasteiger partial charge in [-0.25, -0.2) is 0 Å². The summed E-state index contributed by atoms with van der Waals surface area (Å²) in [5.41, 5.74) is 1.41. The van der Waals surface area contributed by atoms with Crippen LogP contribution >= 0.6 is 11.6 Å². The molecule has 3 amide bonds. The molecule has 2 heterocycles. The van der Waals surface area contributed by atoms with Gasteiger partial charge in [-0.05, 0) is 36.4 Å². The maximum atomic E-state index is 13.1. The summed E-state index contributed by atoms with van der Waals surface area (Å²) < 4.78 is 5.21. The van der Waals surface area contributed by atoms with Gasteiger partial charge in [0.15, 0.2) is 0 Å². The third-order valence-corrected chi connectivity index (χ3v) is 6.46. The first-order valence-electron chi connectivity index (χ1n) is 11.0. The zero-order chi connectivity index (χ0) is 23.4. The first-order chi connectivity index (χ1) is 16.0. The second-order valence-corrected chi connectivity index (χ2v) is 8.46. The van der Waals surface area contributed by atoms with E-state index in [0.717, 1.165) is 11.4 Å². The van der Waals surface area contributed by atoms with Crippen LogP contribution in [0.25, 0.3) is 0 Å². The smallest absolute Gasteiger partial charge is 0.256 e. The van der Waals surface area contributed by atoms with Crippen LogP contribution in [0.2, 0.25) is 5.02 Å². The molecule has 33 heavy (non-hydrogen) atoms.